The van der Waals surface area contributed by atoms with E-state index in [-0.39, 0.29) is 10.8 Å². The molecule has 0 aromatic heterocycles. The van der Waals surface area contributed by atoms with Crippen LogP contribution < -0.4 is 4.72 Å². The van der Waals surface area contributed by atoms with Crippen molar-refractivity contribution in [3.8, 4) is 0 Å². The highest BCUT2D eigenvalue weighted by Gasteiger charge is 2.31. The number of likely N-dealkylation sites (tertiary alicyclic amines) is 1. The molecule has 1 heterocycles. The van der Waals surface area contributed by atoms with Gasteiger partial charge in [-0.15, -0.1) is 0 Å². The molecule has 0 unspecified atom stereocenters. The van der Waals surface area contributed by atoms with E-state index in [1.165, 1.54) is 0 Å². The third kappa shape index (κ3) is 5.39. The highest BCUT2D eigenvalue weighted by atomic mass is 32.2. The second kappa shape index (κ2) is 9.15. The minimum atomic E-state index is -4.02. The van der Waals surface area contributed by atoms with Crippen molar-refractivity contribution in [3.63, 3.8) is 0 Å². The van der Waals surface area contributed by atoms with Gasteiger partial charge < -0.3 is 9.64 Å². The number of hydrogen-bond acceptors (Lipinski definition) is 5. The summed E-state index contributed by atoms with van der Waals surface area (Å²) in [4.78, 5) is 26.6. The number of carbonyl (C=O) groups excluding carboxylic acids is 2. The average Bonchev–Trinajstić information content (AvgIpc) is 3.26. The highest BCUT2D eigenvalue weighted by Crippen LogP contribution is 2.23. The number of benzene rings is 2. The van der Waals surface area contributed by atoms with Crippen LogP contribution in [0.15, 0.2) is 59.5 Å². The fourth-order valence-electron chi connectivity index (χ4n) is 3.02. The van der Waals surface area contributed by atoms with Crippen molar-refractivity contribution in [1.29, 1.82) is 0 Å². The zero-order chi connectivity index (χ0) is 20.9. The van der Waals surface area contributed by atoms with Crippen molar-refractivity contribution in [2.45, 2.75) is 23.8 Å². The molecule has 9 heteroatoms. The molecule has 1 atom stereocenters. The molecule has 1 N–H and O–H groups in total. The van der Waals surface area contributed by atoms with Crippen LogP contribution in [0, 0.1) is 5.82 Å². The molecule has 2 aromatic rings. The molecule has 0 spiro atoms. The monoisotopic (exact) mass is 420 g/mol. The molecule has 0 bridgehead atoms. The lowest BCUT2D eigenvalue weighted by atomic mass is 10.1. The number of ether oxygens (including phenoxy) is 1. The zero-order valence-corrected chi connectivity index (χ0v) is 16.4. The van der Waals surface area contributed by atoms with Crippen LogP contribution in [0.4, 0.5) is 4.39 Å². The van der Waals surface area contributed by atoms with Crippen LogP contribution in [0.1, 0.15) is 24.5 Å². The van der Waals surface area contributed by atoms with Crippen LogP contribution in [-0.2, 0) is 24.3 Å². The first-order valence-corrected chi connectivity index (χ1v) is 10.6. The summed E-state index contributed by atoms with van der Waals surface area (Å²) in [6, 6.07) is 12.8. The highest BCUT2D eigenvalue weighted by molar-refractivity contribution is 7.89. The van der Waals surface area contributed by atoms with Gasteiger partial charge in [-0.1, -0.05) is 30.3 Å². The summed E-state index contributed by atoms with van der Waals surface area (Å²) in [5.41, 5.74) is 0.513. The molecule has 0 radical (unpaired) electrons. The van der Waals surface area contributed by atoms with E-state index < -0.39 is 34.5 Å². The Hall–Kier alpha value is -2.78. The maximum Gasteiger partial charge on any atom is 0.322 e. The predicted molar refractivity (Wildman–Crippen MR) is 103 cm³/mol. The van der Waals surface area contributed by atoms with Gasteiger partial charge in [-0.2, -0.15) is 4.72 Å². The number of sulfonamides is 1. The second-order valence-electron chi connectivity index (χ2n) is 6.59. The summed E-state index contributed by atoms with van der Waals surface area (Å²) in [6.45, 7) is 0.532. The van der Waals surface area contributed by atoms with Gasteiger partial charge in [0.05, 0.1) is 4.90 Å². The predicted octanol–water partition coefficient (Wildman–Crippen LogP) is 2.01. The Kier molecular flexibility index (Phi) is 6.60. The summed E-state index contributed by atoms with van der Waals surface area (Å²) in [7, 11) is -4.02. The van der Waals surface area contributed by atoms with E-state index in [9.17, 15) is 22.4 Å². The number of carbonyl (C=O) groups is 2. The van der Waals surface area contributed by atoms with Crippen molar-refractivity contribution >= 4 is 21.9 Å². The normalized spacial score (nSPS) is 15.1. The lowest BCUT2D eigenvalue weighted by Crippen LogP contribution is -2.37. The average molecular weight is 420 g/mol. The van der Waals surface area contributed by atoms with Crippen LogP contribution >= 0.6 is 0 Å². The van der Waals surface area contributed by atoms with E-state index in [1.807, 2.05) is 0 Å². The largest absolute Gasteiger partial charge is 0.446 e. The summed E-state index contributed by atoms with van der Waals surface area (Å²) in [5.74, 6) is -1.80. The molecule has 29 heavy (non-hydrogen) atoms. The standard InChI is InChI=1S/C20H21FN2O5S/c21-16-8-10-17(11-9-16)29(26,27)22-14-18(24)28-19(15-6-2-1-3-7-15)20(25)23-12-4-5-13-23/h1-3,6-11,19,22H,4-5,12-14H2/t19-/m1/s1. The number of esters is 1. The summed E-state index contributed by atoms with van der Waals surface area (Å²) in [6.07, 6.45) is 0.634. The molecule has 0 saturated carbocycles. The molecule has 154 valence electrons. The molecule has 2 aromatic carbocycles. The summed E-state index contributed by atoms with van der Waals surface area (Å²) < 4.78 is 44.9. The van der Waals surface area contributed by atoms with Gasteiger partial charge in [0.1, 0.15) is 12.4 Å². The van der Waals surface area contributed by atoms with E-state index in [4.69, 9.17) is 4.74 Å². The number of nitrogens with zero attached hydrogens (tertiary/aromatic N) is 1. The molecule has 1 fully saturated rings. The van der Waals surface area contributed by atoms with Crippen LogP contribution in [-0.4, -0.2) is 44.8 Å². The topological polar surface area (TPSA) is 92.8 Å². The lowest BCUT2D eigenvalue weighted by molar-refractivity contribution is -0.159. The van der Waals surface area contributed by atoms with Gasteiger partial charge >= 0.3 is 5.97 Å². The molecule has 1 amide bonds. The van der Waals surface area contributed by atoms with Crippen molar-refractivity contribution in [2.75, 3.05) is 19.6 Å². The van der Waals surface area contributed by atoms with E-state index in [1.54, 1.807) is 35.2 Å². The van der Waals surface area contributed by atoms with E-state index in [0.29, 0.717) is 18.7 Å². The van der Waals surface area contributed by atoms with Gasteiger partial charge in [0, 0.05) is 18.7 Å². The first kappa shape index (κ1) is 20.9. The van der Waals surface area contributed by atoms with Gasteiger partial charge in [0.15, 0.2) is 0 Å². The number of halogens is 1. The summed E-state index contributed by atoms with van der Waals surface area (Å²) >= 11 is 0. The first-order valence-electron chi connectivity index (χ1n) is 9.15. The van der Waals surface area contributed by atoms with Gasteiger partial charge in [-0.3, -0.25) is 9.59 Å². The van der Waals surface area contributed by atoms with Crippen molar-refractivity contribution in [2.24, 2.45) is 0 Å². The Bertz CT molecular complexity index is 958. The zero-order valence-electron chi connectivity index (χ0n) is 15.6. The smallest absolute Gasteiger partial charge is 0.322 e. The Balaban J connectivity index is 1.68. The Morgan fingerprint density at radius 1 is 1.03 bits per heavy atom. The fourth-order valence-corrected chi connectivity index (χ4v) is 3.99. The van der Waals surface area contributed by atoms with Gasteiger partial charge in [-0.05, 0) is 37.1 Å². The number of hydrogen-bond donors (Lipinski definition) is 1. The summed E-state index contributed by atoms with van der Waals surface area (Å²) in [5, 5.41) is 0. The number of amides is 1. The molecule has 3 rings (SSSR count). The van der Waals surface area contributed by atoms with Crippen LogP contribution in [0.5, 0.6) is 0 Å². The minimum Gasteiger partial charge on any atom is -0.446 e. The van der Waals surface area contributed by atoms with Crippen molar-refractivity contribution in [1.82, 2.24) is 9.62 Å². The minimum absolute atomic E-state index is 0.181. The Morgan fingerprint density at radius 2 is 1.66 bits per heavy atom. The third-order valence-corrected chi connectivity index (χ3v) is 5.94. The maximum atomic E-state index is 13.0. The maximum absolute atomic E-state index is 13.0. The van der Waals surface area contributed by atoms with Crippen LogP contribution in [0.3, 0.4) is 0 Å². The van der Waals surface area contributed by atoms with E-state index in [0.717, 1.165) is 37.1 Å². The number of nitrogens with one attached hydrogen (secondary N) is 1. The second-order valence-corrected chi connectivity index (χ2v) is 8.36. The molecule has 0 aliphatic carbocycles. The number of rotatable bonds is 7. The van der Waals surface area contributed by atoms with Gasteiger partial charge in [0.25, 0.3) is 5.91 Å². The Morgan fingerprint density at radius 3 is 2.28 bits per heavy atom. The van der Waals surface area contributed by atoms with E-state index in [2.05, 4.69) is 4.72 Å². The third-order valence-electron chi connectivity index (χ3n) is 4.52. The molecular weight excluding hydrogens is 399 g/mol. The van der Waals surface area contributed by atoms with Gasteiger partial charge in [0.2, 0.25) is 16.1 Å². The molecule has 1 saturated heterocycles. The Labute approximate surface area is 168 Å². The molecule has 7 nitrogen and oxygen atoms in total. The quantitative estimate of drug-likeness (QED) is 0.692. The van der Waals surface area contributed by atoms with Crippen molar-refractivity contribution in [3.05, 3.63) is 66.0 Å². The van der Waals surface area contributed by atoms with Gasteiger partial charge in [-0.25, -0.2) is 12.8 Å². The lowest BCUT2D eigenvalue weighted by Gasteiger charge is -2.23. The molecule has 1 aliphatic rings. The van der Waals surface area contributed by atoms with Crippen molar-refractivity contribution < 1.29 is 27.1 Å². The van der Waals surface area contributed by atoms with E-state index >= 15 is 0 Å². The first-order chi connectivity index (χ1) is 13.9. The fraction of sp³-hybridized carbons (Fsp3) is 0.300. The molecule has 1 aliphatic heterocycles. The van der Waals surface area contributed by atoms with Crippen LogP contribution in [0.25, 0.3) is 0 Å². The van der Waals surface area contributed by atoms with Crippen LogP contribution in [0.2, 0.25) is 0 Å². The SMILES string of the molecule is O=C(CNS(=O)(=O)c1ccc(F)cc1)O[C@@H](C(=O)N1CCCC1)c1ccccc1. The molecular formula is C20H21FN2O5S.